The molecule has 190 valence electrons. The topological polar surface area (TPSA) is 151 Å². The van der Waals surface area contributed by atoms with Crippen LogP contribution in [0.25, 0.3) is 10.8 Å². The molecule has 1 heterocycles. The van der Waals surface area contributed by atoms with Crippen LogP contribution in [-0.4, -0.2) is 51.3 Å². The Morgan fingerprint density at radius 2 is 1.69 bits per heavy atom. The van der Waals surface area contributed by atoms with E-state index in [-0.39, 0.29) is 36.9 Å². The molecule has 36 heavy (non-hydrogen) atoms. The lowest BCUT2D eigenvalue weighted by atomic mass is 9.98. The van der Waals surface area contributed by atoms with Crippen LogP contribution in [0.4, 0.5) is 5.69 Å². The minimum Gasteiger partial charge on any atom is -0.494 e. The van der Waals surface area contributed by atoms with Crippen LogP contribution in [0.5, 0.6) is 5.75 Å². The van der Waals surface area contributed by atoms with Gasteiger partial charge in [-0.25, -0.2) is 8.42 Å². The number of sulfone groups is 1. The highest BCUT2D eigenvalue weighted by atomic mass is 32.2. The van der Waals surface area contributed by atoms with Crippen LogP contribution >= 0.6 is 0 Å². The predicted molar refractivity (Wildman–Crippen MR) is 136 cm³/mol. The summed E-state index contributed by atoms with van der Waals surface area (Å²) in [5, 5.41) is 4.64. The van der Waals surface area contributed by atoms with Crippen molar-refractivity contribution in [3.05, 3.63) is 66.2 Å². The van der Waals surface area contributed by atoms with Crippen molar-refractivity contribution in [1.82, 2.24) is 5.32 Å². The minimum absolute atomic E-state index is 0.00999. The average Bonchev–Trinajstić information content (AvgIpc) is 2.89. The molecule has 1 aliphatic rings. The van der Waals surface area contributed by atoms with Crippen molar-refractivity contribution in [2.24, 2.45) is 5.73 Å². The van der Waals surface area contributed by atoms with E-state index in [0.29, 0.717) is 36.6 Å². The zero-order valence-electron chi connectivity index (χ0n) is 19.7. The number of nitrogens with one attached hydrogen (secondary N) is 1. The Hall–Kier alpha value is -3.63. The van der Waals surface area contributed by atoms with Gasteiger partial charge in [0.25, 0.3) is 5.91 Å². The molecule has 3 aromatic carbocycles. The molecule has 0 atom stereocenters. The number of ether oxygens (including phenoxy) is 2. The van der Waals surface area contributed by atoms with E-state index in [9.17, 15) is 18.0 Å². The smallest absolute Gasteiger partial charge is 0.253 e. The standard InChI is InChI=1S/C26H29N3O6S/c27-23-21-5-2-1-4-18(21)6-11-22(23)24(30)29-14-3-15-35-19-7-9-20(10-8-19)36(32,33)26(25(28)31)12-16-34-17-13-26/h1-2,4-11H,3,12-17,27H2,(H2,28,31)(H,29,30). The predicted octanol–water partition coefficient (Wildman–Crippen LogP) is 2.43. The molecule has 0 spiro atoms. The molecule has 4 rings (SSSR count). The molecule has 1 fully saturated rings. The first kappa shape index (κ1) is 25.5. The lowest BCUT2D eigenvalue weighted by Gasteiger charge is -2.33. The Bertz CT molecular complexity index is 1370. The quantitative estimate of drug-likeness (QED) is 0.295. The number of carbonyl (C=O) groups excluding carboxylic acids is 2. The number of amides is 2. The van der Waals surface area contributed by atoms with Crippen molar-refractivity contribution >= 4 is 38.1 Å². The molecule has 9 nitrogen and oxygen atoms in total. The van der Waals surface area contributed by atoms with Gasteiger partial charge in [0.15, 0.2) is 14.6 Å². The lowest BCUT2D eigenvalue weighted by molar-refractivity contribution is -0.122. The largest absolute Gasteiger partial charge is 0.494 e. The van der Waals surface area contributed by atoms with Gasteiger partial charge in [0, 0.05) is 25.1 Å². The number of hydrogen-bond donors (Lipinski definition) is 3. The van der Waals surface area contributed by atoms with E-state index >= 15 is 0 Å². The summed E-state index contributed by atoms with van der Waals surface area (Å²) < 4.78 is 35.6. The van der Waals surface area contributed by atoms with Gasteiger partial charge in [0.05, 0.1) is 22.8 Å². The van der Waals surface area contributed by atoms with E-state index in [1.54, 1.807) is 6.07 Å². The summed E-state index contributed by atoms with van der Waals surface area (Å²) in [6.45, 7) is 1.00. The first-order valence-electron chi connectivity index (χ1n) is 11.7. The van der Waals surface area contributed by atoms with Crippen LogP contribution in [0.15, 0.2) is 65.6 Å². The highest BCUT2D eigenvalue weighted by Crippen LogP contribution is 2.35. The molecule has 0 bridgehead atoms. The SMILES string of the molecule is NC(=O)C1(S(=O)(=O)c2ccc(OCCCNC(=O)c3ccc4ccccc4c3N)cc2)CCOCC1. The van der Waals surface area contributed by atoms with Crippen LogP contribution in [0, 0.1) is 0 Å². The minimum atomic E-state index is -3.99. The molecule has 0 unspecified atom stereocenters. The summed E-state index contributed by atoms with van der Waals surface area (Å²) in [6.07, 6.45) is 0.586. The molecule has 10 heteroatoms. The normalized spacial score (nSPS) is 15.3. The van der Waals surface area contributed by atoms with Crippen molar-refractivity contribution < 1.29 is 27.5 Å². The number of anilines is 1. The van der Waals surface area contributed by atoms with Crippen LogP contribution < -0.4 is 21.5 Å². The molecule has 0 aliphatic carbocycles. The molecule has 3 aromatic rings. The zero-order chi connectivity index (χ0) is 25.8. The molecule has 0 saturated carbocycles. The summed E-state index contributed by atoms with van der Waals surface area (Å²) in [7, 11) is -3.99. The third-order valence-corrected chi connectivity index (χ3v) is 9.02. The van der Waals surface area contributed by atoms with E-state index in [4.69, 9.17) is 20.9 Å². The van der Waals surface area contributed by atoms with E-state index in [2.05, 4.69) is 5.32 Å². The number of rotatable bonds is 9. The second-order valence-corrected chi connectivity index (χ2v) is 10.9. The van der Waals surface area contributed by atoms with Gasteiger partial charge in [-0.3, -0.25) is 9.59 Å². The van der Waals surface area contributed by atoms with E-state index in [0.717, 1.165) is 10.8 Å². The van der Waals surface area contributed by atoms with Gasteiger partial charge >= 0.3 is 0 Å². The lowest BCUT2D eigenvalue weighted by Crippen LogP contribution is -2.53. The van der Waals surface area contributed by atoms with Crippen LogP contribution in [0.1, 0.15) is 29.6 Å². The number of nitrogens with two attached hydrogens (primary N) is 2. The highest BCUT2D eigenvalue weighted by molar-refractivity contribution is 7.93. The van der Waals surface area contributed by atoms with Crippen molar-refractivity contribution in [3.8, 4) is 5.75 Å². The molecule has 1 saturated heterocycles. The van der Waals surface area contributed by atoms with Crippen molar-refractivity contribution in [1.29, 1.82) is 0 Å². The summed E-state index contributed by atoms with van der Waals surface area (Å²) >= 11 is 0. The van der Waals surface area contributed by atoms with Crippen molar-refractivity contribution in [2.75, 3.05) is 32.1 Å². The molecule has 0 radical (unpaired) electrons. The third-order valence-electron chi connectivity index (χ3n) is 6.49. The van der Waals surface area contributed by atoms with Crippen LogP contribution in [-0.2, 0) is 19.4 Å². The third kappa shape index (κ3) is 4.87. The molecule has 5 N–H and O–H groups in total. The number of fused-ring (bicyclic) bond motifs is 1. The van der Waals surface area contributed by atoms with E-state index < -0.39 is 20.5 Å². The average molecular weight is 512 g/mol. The molecule has 0 aromatic heterocycles. The summed E-state index contributed by atoms with van der Waals surface area (Å²) in [6, 6.07) is 17.1. The Balaban J connectivity index is 1.30. The Morgan fingerprint density at radius 3 is 2.39 bits per heavy atom. The number of hydrogen-bond acceptors (Lipinski definition) is 7. The van der Waals surface area contributed by atoms with Crippen LogP contribution in [0.2, 0.25) is 0 Å². The summed E-state index contributed by atoms with van der Waals surface area (Å²) in [5.74, 6) is -0.651. The second-order valence-electron chi connectivity index (χ2n) is 8.65. The fourth-order valence-corrected chi connectivity index (χ4v) is 6.26. The Labute approximate surface area is 209 Å². The molecular weight excluding hydrogens is 482 g/mol. The van der Waals surface area contributed by atoms with Gasteiger partial charge in [-0.1, -0.05) is 30.3 Å². The van der Waals surface area contributed by atoms with Gasteiger partial charge in [-0.15, -0.1) is 0 Å². The summed E-state index contributed by atoms with van der Waals surface area (Å²) in [5.41, 5.74) is 12.5. The fourth-order valence-electron chi connectivity index (χ4n) is 4.34. The van der Waals surface area contributed by atoms with E-state index in [1.165, 1.54) is 24.3 Å². The van der Waals surface area contributed by atoms with Crippen molar-refractivity contribution in [2.45, 2.75) is 28.9 Å². The van der Waals surface area contributed by atoms with Gasteiger partial charge in [0.1, 0.15) is 5.75 Å². The van der Waals surface area contributed by atoms with Gasteiger partial charge in [-0.2, -0.15) is 0 Å². The first-order valence-corrected chi connectivity index (χ1v) is 13.2. The van der Waals surface area contributed by atoms with E-state index in [1.807, 2.05) is 30.3 Å². The number of benzene rings is 3. The summed E-state index contributed by atoms with van der Waals surface area (Å²) in [4.78, 5) is 24.7. The molecular formula is C26H29N3O6S. The Kier molecular flexibility index (Phi) is 7.46. The second kappa shape index (κ2) is 10.5. The van der Waals surface area contributed by atoms with Gasteiger partial charge in [0.2, 0.25) is 5.91 Å². The molecule has 1 aliphatic heterocycles. The maximum atomic E-state index is 13.2. The monoisotopic (exact) mass is 511 g/mol. The molecule has 2 amide bonds. The van der Waals surface area contributed by atoms with Crippen molar-refractivity contribution in [3.63, 3.8) is 0 Å². The van der Waals surface area contributed by atoms with Gasteiger partial charge < -0.3 is 26.3 Å². The number of primary amides is 1. The highest BCUT2D eigenvalue weighted by Gasteiger charge is 2.51. The zero-order valence-corrected chi connectivity index (χ0v) is 20.6. The first-order chi connectivity index (χ1) is 17.3. The number of carbonyl (C=O) groups is 2. The van der Waals surface area contributed by atoms with Crippen LogP contribution in [0.3, 0.4) is 0 Å². The maximum absolute atomic E-state index is 13.2. The fraction of sp³-hybridized carbons (Fsp3) is 0.308. The van der Waals surface area contributed by atoms with Gasteiger partial charge in [-0.05, 0) is 55.0 Å². The number of nitrogen functional groups attached to an aromatic ring is 1. The maximum Gasteiger partial charge on any atom is 0.253 e. The Morgan fingerprint density at radius 1 is 1.00 bits per heavy atom.